The summed E-state index contributed by atoms with van der Waals surface area (Å²) in [4.78, 5) is 12.9. The van der Waals surface area contributed by atoms with E-state index < -0.39 is 0 Å². The van der Waals surface area contributed by atoms with E-state index in [1.165, 1.54) is 4.88 Å². The van der Waals surface area contributed by atoms with E-state index in [2.05, 4.69) is 16.8 Å². The van der Waals surface area contributed by atoms with Crippen LogP contribution in [0.2, 0.25) is 0 Å². The molecule has 0 saturated carbocycles. The van der Waals surface area contributed by atoms with Crippen molar-refractivity contribution < 1.29 is 4.79 Å². The van der Waals surface area contributed by atoms with Crippen LogP contribution in [0.3, 0.4) is 0 Å². The van der Waals surface area contributed by atoms with Gasteiger partial charge in [-0.25, -0.2) is 0 Å². The minimum absolute atomic E-state index is 0.0228. The number of rotatable bonds is 7. The molecule has 0 aliphatic carbocycles. The van der Waals surface area contributed by atoms with Crippen LogP contribution in [0.25, 0.3) is 0 Å². The summed E-state index contributed by atoms with van der Waals surface area (Å²) in [5.74, 6) is 0.683. The number of amides is 1. The number of nitrogens with one attached hydrogen (secondary N) is 1. The fourth-order valence-electron chi connectivity index (χ4n) is 1.35. The summed E-state index contributed by atoms with van der Waals surface area (Å²) in [5, 5.41) is 5.00. The number of carbonyl (C=O) groups excluding carboxylic acids is 1. The Kier molecular flexibility index (Phi) is 6.00. The Hall–Kier alpha value is -0.540. The summed E-state index contributed by atoms with van der Waals surface area (Å²) >= 11 is 7.55. The second kappa shape index (κ2) is 7.02. The van der Waals surface area contributed by atoms with Crippen LogP contribution in [-0.2, 0) is 11.2 Å². The van der Waals surface area contributed by atoms with Gasteiger partial charge < -0.3 is 5.32 Å². The van der Waals surface area contributed by atoms with Crippen molar-refractivity contribution in [1.29, 1.82) is 0 Å². The van der Waals surface area contributed by atoms with Crippen molar-refractivity contribution in [2.75, 3.05) is 12.4 Å². The maximum Gasteiger partial charge on any atom is 0.220 e. The second-order valence-electron chi connectivity index (χ2n) is 5.01. The van der Waals surface area contributed by atoms with Crippen molar-refractivity contribution in [2.45, 2.75) is 33.1 Å². The molecule has 1 aromatic heterocycles. The van der Waals surface area contributed by atoms with Crippen LogP contribution < -0.4 is 5.32 Å². The molecule has 0 aliphatic rings. The monoisotopic (exact) mass is 273 g/mol. The van der Waals surface area contributed by atoms with Crippen LogP contribution in [0.1, 0.15) is 31.6 Å². The summed E-state index contributed by atoms with van der Waals surface area (Å²) in [7, 11) is 0. The summed E-state index contributed by atoms with van der Waals surface area (Å²) in [5.41, 5.74) is -0.0228. The lowest BCUT2D eigenvalue weighted by atomic mass is 9.96. The Labute approximate surface area is 112 Å². The first kappa shape index (κ1) is 14.5. The first-order chi connectivity index (χ1) is 8.03. The molecule has 1 rings (SSSR count). The Morgan fingerprint density at radius 3 is 2.88 bits per heavy atom. The number of aryl methyl sites for hydroxylation is 1. The molecule has 0 atom stereocenters. The van der Waals surface area contributed by atoms with Crippen LogP contribution in [0.15, 0.2) is 17.5 Å². The molecule has 0 aromatic carbocycles. The highest BCUT2D eigenvalue weighted by Crippen LogP contribution is 2.15. The number of alkyl halides is 1. The number of thiophene rings is 1. The van der Waals surface area contributed by atoms with E-state index in [9.17, 15) is 4.79 Å². The molecule has 1 heterocycles. The second-order valence-corrected chi connectivity index (χ2v) is 6.31. The number of carbonyl (C=O) groups is 1. The molecule has 0 aliphatic heterocycles. The molecule has 17 heavy (non-hydrogen) atoms. The van der Waals surface area contributed by atoms with Gasteiger partial charge in [-0.3, -0.25) is 4.79 Å². The maximum atomic E-state index is 11.6. The molecule has 0 bridgehead atoms. The van der Waals surface area contributed by atoms with Crippen LogP contribution in [0, 0.1) is 5.41 Å². The van der Waals surface area contributed by atoms with Gasteiger partial charge in [-0.05, 0) is 29.7 Å². The van der Waals surface area contributed by atoms with Crippen LogP contribution >= 0.6 is 22.9 Å². The third-order valence-electron chi connectivity index (χ3n) is 2.53. The lowest BCUT2D eigenvalue weighted by Crippen LogP contribution is -2.34. The lowest BCUT2D eigenvalue weighted by Gasteiger charge is -2.21. The standard InChI is InChI=1S/C13H20ClNOS/c1-13(2,9-14)10-15-12(16)7-3-5-11-6-4-8-17-11/h4,6,8H,3,5,7,9-10H2,1-2H3,(H,15,16). The molecule has 1 amide bonds. The highest BCUT2D eigenvalue weighted by atomic mass is 35.5. The quantitative estimate of drug-likeness (QED) is 0.758. The van der Waals surface area contributed by atoms with Gasteiger partial charge in [0.2, 0.25) is 5.91 Å². The van der Waals surface area contributed by atoms with Gasteiger partial charge in [-0.1, -0.05) is 19.9 Å². The zero-order valence-electron chi connectivity index (χ0n) is 10.5. The van der Waals surface area contributed by atoms with E-state index in [0.717, 1.165) is 12.8 Å². The first-order valence-corrected chi connectivity index (χ1v) is 7.30. The van der Waals surface area contributed by atoms with Crippen LogP contribution in [-0.4, -0.2) is 18.3 Å². The molecular weight excluding hydrogens is 254 g/mol. The van der Waals surface area contributed by atoms with Gasteiger partial charge in [0.05, 0.1) is 0 Å². The summed E-state index contributed by atoms with van der Waals surface area (Å²) < 4.78 is 0. The zero-order chi connectivity index (χ0) is 12.7. The lowest BCUT2D eigenvalue weighted by molar-refractivity contribution is -0.121. The molecule has 0 spiro atoms. The fraction of sp³-hybridized carbons (Fsp3) is 0.615. The van der Waals surface area contributed by atoms with E-state index in [1.807, 2.05) is 19.9 Å². The highest BCUT2D eigenvalue weighted by molar-refractivity contribution is 7.09. The normalized spacial score (nSPS) is 11.5. The zero-order valence-corrected chi connectivity index (χ0v) is 12.0. The predicted molar refractivity (Wildman–Crippen MR) is 74.8 cm³/mol. The molecule has 1 aromatic rings. The SMILES string of the molecule is CC(C)(CCl)CNC(=O)CCCc1cccs1. The first-order valence-electron chi connectivity index (χ1n) is 5.88. The summed E-state index contributed by atoms with van der Waals surface area (Å²) in [6.45, 7) is 4.74. The minimum Gasteiger partial charge on any atom is -0.356 e. The van der Waals surface area contributed by atoms with E-state index in [4.69, 9.17) is 11.6 Å². The van der Waals surface area contributed by atoms with E-state index >= 15 is 0 Å². The van der Waals surface area contributed by atoms with Gasteiger partial charge in [0.15, 0.2) is 0 Å². The van der Waals surface area contributed by atoms with E-state index in [-0.39, 0.29) is 11.3 Å². The third kappa shape index (κ3) is 6.08. The van der Waals surface area contributed by atoms with E-state index in [1.54, 1.807) is 11.3 Å². The van der Waals surface area contributed by atoms with Gasteiger partial charge in [0, 0.05) is 23.7 Å². The molecule has 0 radical (unpaired) electrons. The third-order valence-corrected chi connectivity index (χ3v) is 4.19. The van der Waals surface area contributed by atoms with E-state index in [0.29, 0.717) is 18.8 Å². The van der Waals surface area contributed by atoms with Gasteiger partial charge in [-0.2, -0.15) is 0 Å². The molecule has 4 heteroatoms. The summed E-state index contributed by atoms with van der Waals surface area (Å²) in [6.07, 6.45) is 2.49. The van der Waals surface area contributed by atoms with Crippen molar-refractivity contribution in [2.24, 2.45) is 5.41 Å². The van der Waals surface area contributed by atoms with Crippen molar-refractivity contribution in [1.82, 2.24) is 5.32 Å². The maximum absolute atomic E-state index is 11.6. The highest BCUT2D eigenvalue weighted by Gasteiger charge is 2.16. The Morgan fingerprint density at radius 1 is 1.53 bits per heavy atom. The summed E-state index contributed by atoms with van der Waals surface area (Å²) in [6, 6.07) is 4.16. The molecule has 96 valence electrons. The molecule has 0 saturated heterocycles. The molecule has 1 N–H and O–H groups in total. The van der Waals surface area contributed by atoms with Crippen molar-refractivity contribution >= 4 is 28.8 Å². The number of hydrogen-bond acceptors (Lipinski definition) is 2. The molecular formula is C13H20ClNOS. The minimum atomic E-state index is -0.0228. The van der Waals surface area contributed by atoms with Gasteiger partial charge in [-0.15, -0.1) is 22.9 Å². The van der Waals surface area contributed by atoms with Gasteiger partial charge in [0.1, 0.15) is 0 Å². The number of hydrogen-bond donors (Lipinski definition) is 1. The van der Waals surface area contributed by atoms with Crippen molar-refractivity contribution in [3.8, 4) is 0 Å². The van der Waals surface area contributed by atoms with Gasteiger partial charge >= 0.3 is 0 Å². The molecule has 2 nitrogen and oxygen atoms in total. The van der Waals surface area contributed by atoms with Crippen molar-refractivity contribution in [3.05, 3.63) is 22.4 Å². The van der Waals surface area contributed by atoms with Crippen LogP contribution in [0.5, 0.6) is 0 Å². The van der Waals surface area contributed by atoms with Crippen molar-refractivity contribution in [3.63, 3.8) is 0 Å². The topological polar surface area (TPSA) is 29.1 Å². The Morgan fingerprint density at radius 2 is 2.29 bits per heavy atom. The molecule has 0 unspecified atom stereocenters. The Bertz CT molecular complexity index is 335. The largest absolute Gasteiger partial charge is 0.356 e. The van der Waals surface area contributed by atoms with Crippen LogP contribution in [0.4, 0.5) is 0 Å². The predicted octanol–water partition coefficient (Wildman–Crippen LogP) is 3.45. The Balaban J connectivity index is 2.13. The average Bonchev–Trinajstić information content (AvgIpc) is 2.80. The smallest absolute Gasteiger partial charge is 0.220 e. The fourth-order valence-corrected chi connectivity index (χ4v) is 2.20. The molecule has 0 fully saturated rings. The number of halogens is 1. The van der Waals surface area contributed by atoms with Gasteiger partial charge in [0.25, 0.3) is 0 Å². The average molecular weight is 274 g/mol.